The van der Waals surface area contributed by atoms with Gasteiger partial charge in [0.2, 0.25) is 0 Å². The molecule has 0 saturated heterocycles. The molecule has 0 unspecified atom stereocenters. The average molecular weight is 1080 g/mol. The average Bonchev–Trinajstić information content (AvgIpc) is 3.96. The van der Waals surface area contributed by atoms with Crippen molar-refractivity contribution >= 4 is 46.4 Å². The summed E-state index contributed by atoms with van der Waals surface area (Å²) in [7, 11) is -1.67. The van der Waals surface area contributed by atoms with Crippen LogP contribution in [-0.2, 0) is 26.5 Å². The van der Waals surface area contributed by atoms with Gasteiger partial charge in [-0.05, 0) is 87.7 Å². The van der Waals surface area contributed by atoms with Crippen LogP contribution in [0.4, 0.5) is 4.39 Å². The fraction of sp³-hybridized carbons (Fsp3) is 0.117. The fourth-order valence-electron chi connectivity index (χ4n) is 8.57. The molecule has 5 nitrogen and oxygen atoms in total. The number of rotatable bonds is 9. The van der Waals surface area contributed by atoms with E-state index >= 15 is 0 Å². The maximum atomic E-state index is 14.0. The largest absolute Gasteiger partial charge is 0.499 e. The van der Waals surface area contributed by atoms with E-state index in [0.29, 0.717) is 22.6 Å². The minimum Gasteiger partial charge on any atom is -0.499 e. The number of hydrogen-bond donors (Lipinski definition) is 0. The van der Waals surface area contributed by atoms with Gasteiger partial charge in [-0.3, -0.25) is 9.97 Å². The number of pyridine rings is 2. The summed E-state index contributed by atoms with van der Waals surface area (Å²) in [6.07, 6.45) is 2.40. The normalized spacial score (nSPS) is 12.1. The second-order valence-electron chi connectivity index (χ2n) is 17.9. The number of aromatic nitrogens is 4. The van der Waals surface area contributed by atoms with Gasteiger partial charge in [0.1, 0.15) is 11.4 Å². The molecule has 0 saturated carbocycles. The number of benzene rings is 7. The molecule has 1 radical (unpaired) electrons. The van der Waals surface area contributed by atoms with Gasteiger partial charge < -0.3 is 14.0 Å². The topological polar surface area (TPSA) is 56.7 Å². The van der Waals surface area contributed by atoms with Gasteiger partial charge in [0.05, 0.1) is 36.0 Å². The standard InChI is InChI=1S/C42H25FN3O.C18H24NSi.Ir/c43-32-19-15-30(16-20-32)34-23-24-35(41-39(34)40-38(47-41)25-31(26-44-40)28-11-5-2-6-12-28)42-45-36-13-7-8-14-37(36)46(42)33-21-17-29(18-22-33)27-9-3-1-4-10-27;1-14(2)11-16-12-17(15-9-7-6-8-10-15)19-13-18(16)20(3,4)5;/h1-23,25-26H;6-9,12-14H,11H2,1-5H3;/q2*-1;/i;11D2;. The van der Waals surface area contributed by atoms with Crippen molar-refractivity contribution in [2.24, 2.45) is 5.92 Å². The molecule has 0 spiro atoms. The number of imidazole rings is 1. The van der Waals surface area contributed by atoms with Gasteiger partial charge >= 0.3 is 0 Å². The third-order valence-electron chi connectivity index (χ3n) is 11.8. The molecule has 8 heteroatoms. The first-order chi connectivity index (χ1) is 33.3. The van der Waals surface area contributed by atoms with E-state index in [4.69, 9.17) is 17.1 Å². The smallest absolute Gasteiger partial charge is 0.140 e. The van der Waals surface area contributed by atoms with Crippen LogP contribution in [0.1, 0.15) is 22.2 Å². The monoisotopic (exact) mass is 1080 g/mol. The summed E-state index contributed by atoms with van der Waals surface area (Å²) in [6.45, 7) is 10.6. The Hall–Kier alpha value is -7.09. The molecule has 4 heterocycles. The summed E-state index contributed by atoms with van der Waals surface area (Å²) >= 11 is 0. The van der Waals surface area contributed by atoms with Crippen molar-refractivity contribution in [3.05, 3.63) is 212 Å². The van der Waals surface area contributed by atoms with Gasteiger partial charge in [-0.15, -0.1) is 48.0 Å². The van der Waals surface area contributed by atoms with Crippen molar-refractivity contribution in [2.45, 2.75) is 39.9 Å². The summed E-state index contributed by atoms with van der Waals surface area (Å²) in [6, 6.07) is 63.9. The van der Waals surface area contributed by atoms with Crippen LogP contribution in [0.3, 0.4) is 0 Å². The number of nitrogens with zero attached hydrogens (tertiary/aromatic N) is 4. The Kier molecular flexibility index (Phi) is 12.5. The number of hydrogen-bond acceptors (Lipinski definition) is 4. The van der Waals surface area contributed by atoms with E-state index in [0.717, 1.165) is 83.0 Å². The third-order valence-corrected chi connectivity index (χ3v) is 13.8. The van der Waals surface area contributed by atoms with Crippen LogP contribution in [0.15, 0.2) is 193 Å². The molecule has 0 aliphatic heterocycles. The molecular weight excluding hydrogens is 1030 g/mol. The summed E-state index contributed by atoms with van der Waals surface area (Å²) in [5.41, 5.74) is 14.0. The molecule has 0 aliphatic rings. The molecule has 0 atom stereocenters. The molecule has 0 amide bonds. The summed E-state index contributed by atoms with van der Waals surface area (Å²) in [4.78, 5) is 14.7. The summed E-state index contributed by atoms with van der Waals surface area (Å²) < 4.78 is 40.0. The van der Waals surface area contributed by atoms with Crippen LogP contribution in [0.2, 0.25) is 19.6 Å². The number of para-hydroxylation sites is 2. The Morgan fingerprint density at radius 2 is 1.34 bits per heavy atom. The van der Waals surface area contributed by atoms with Crippen LogP contribution in [0.5, 0.6) is 0 Å². The zero-order chi connectivity index (χ0) is 47.9. The van der Waals surface area contributed by atoms with Gasteiger partial charge in [-0.1, -0.05) is 159 Å². The Bertz CT molecular complexity index is 3600. The predicted molar refractivity (Wildman–Crippen MR) is 277 cm³/mol. The Morgan fingerprint density at radius 3 is 2.01 bits per heavy atom. The van der Waals surface area contributed by atoms with E-state index in [1.54, 1.807) is 12.1 Å². The van der Waals surface area contributed by atoms with Crippen LogP contribution >= 0.6 is 0 Å². The number of halogens is 1. The van der Waals surface area contributed by atoms with E-state index in [1.165, 1.54) is 12.1 Å². The fourth-order valence-corrected chi connectivity index (χ4v) is 9.97. The van der Waals surface area contributed by atoms with Crippen molar-refractivity contribution < 1.29 is 31.7 Å². The molecular formula is C60H49FIrN4OSi-2. The maximum Gasteiger partial charge on any atom is 0.140 e. The molecule has 11 aromatic rings. The zero-order valence-corrected chi connectivity index (χ0v) is 41.8. The maximum absolute atomic E-state index is 14.0. The first kappa shape index (κ1) is 43.5. The van der Waals surface area contributed by atoms with Gasteiger partial charge in [0, 0.05) is 46.5 Å². The first-order valence-electron chi connectivity index (χ1n) is 23.6. The summed E-state index contributed by atoms with van der Waals surface area (Å²) in [5, 5.41) is 1.93. The first-order valence-corrected chi connectivity index (χ1v) is 26.1. The molecule has 0 bridgehead atoms. The zero-order valence-electron chi connectivity index (χ0n) is 40.4. The SMILES string of the molecule is Fc1ccc(-c2c[c-]c(-c3nc4ccccc4n3-c3ccc(-c4ccccc4)cc3)c3oc4cc(-c5ccccc5)cnc4c23)cc1.[2H]C([2H])(c1cc(-c2[c-]cccc2)ncc1[Si](C)(C)C)C(C)C.[Ir]. The molecule has 0 N–H and O–H groups in total. The van der Waals surface area contributed by atoms with Crippen molar-refractivity contribution in [3.8, 4) is 61.7 Å². The molecule has 11 rings (SSSR count). The van der Waals surface area contributed by atoms with E-state index < -0.39 is 14.4 Å². The molecule has 4 aromatic heterocycles. The quantitative estimate of drug-likeness (QED) is 0.107. The van der Waals surface area contributed by atoms with Crippen LogP contribution < -0.4 is 5.19 Å². The molecule has 337 valence electrons. The van der Waals surface area contributed by atoms with Crippen LogP contribution in [-0.4, -0.2) is 27.6 Å². The van der Waals surface area contributed by atoms with E-state index in [-0.39, 0.29) is 31.8 Å². The van der Waals surface area contributed by atoms with E-state index in [1.807, 2.05) is 123 Å². The van der Waals surface area contributed by atoms with E-state index in [2.05, 4.69) is 95.9 Å². The van der Waals surface area contributed by atoms with Crippen molar-refractivity contribution in [3.63, 3.8) is 0 Å². The van der Waals surface area contributed by atoms with Crippen LogP contribution in [0.25, 0.3) is 94.8 Å². The Labute approximate surface area is 414 Å². The number of furan rings is 1. The second kappa shape index (κ2) is 19.6. The van der Waals surface area contributed by atoms with Gasteiger partial charge in [-0.2, -0.15) is 0 Å². The third kappa shape index (κ3) is 9.41. The van der Waals surface area contributed by atoms with E-state index in [9.17, 15) is 4.39 Å². The van der Waals surface area contributed by atoms with Crippen LogP contribution in [0, 0.1) is 23.9 Å². The van der Waals surface area contributed by atoms with Gasteiger partial charge in [-0.25, -0.2) is 4.39 Å². The molecule has 0 fully saturated rings. The van der Waals surface area contributed by atoms with Crippen molar-refractivity contribution in [1.29, 1.82) is 0 Å². The summed E-state index contributed by atoms with van der Waals surface area (Å²) in [5.74, 6) is 0.328. The molecule has 7 aromatic carbocycles. The van der Waals surface area contributed by atoms with Crippen molar-refractivity contribution in [1.82, 2.24) is 19.5 Å². The number of fused-ring (bicyclic) bond motifs is 4. The van der Waals surface area contributed by atoms with Crippen molar-refractivity contribution in [2.75, 3.05) is 0 Å². The van der Waals surface area contributed by atoms with Gasteiger partial charge in [0.25, 0.3) is 0 Å². The second-order valence-corrected chi connectivity index (χ2v) is 23.0. The Balaban J connectivity index is 0.000000224. The minimum absolute atomic E-state index is 0. The minimum atomic E-state index is -1.67. The Morgan fingerprint density at radius 1 is 0.691 bits per heavy atom. The molecule has 0 aliphatic carbocycles. The predicted octanol–water partition coefficient (Wildman–Crippen LogP) is 15.2. The van der Waals surface area contributed by atoms with Gasteiger partial charge in [0.15, 0.2) is 0 Å². The molecule has 68 heavy (non-hydrogen) atoms.